The lowest BCUT2D eigenvalue weighted by Crippen LogP contribution is -2.31. The third kappa shape index (κ3) is 2.22. The minimum absolute atomic E-state index is 0.0515. The van der Waals surface area contributed by atoms with E-state index in [2.05, 4.69) is 9.84 Å². The van der Waals surface area contributed by atoms with E-state index in [1.54, 1.807) is 10.9 Å². The van der Waals surface area contributed by atoms with E-state index >= 15 is 0 Å². The lowest BCUT2D eigenvalue weighted by Gasteiger charge is -2.09. The zero-order valence-corrected chi connectivity index (χ0v) is 10.7. The van der Waals surface area contributed by atoms with Gasteiger partial charge in [-0.15, -0.1) is 0 Å². The second-order valence-corrected chi connectivity index (χ2v) is 3.90. The number of methoxy groups -OCH3 is 1. The molecule has 0 saturated heterocycles. The van der Waals surface area contributed by atoms with Crippen molar-refractivity contribution in [1.29, 1.82) is 0 Å². The highest BCUT2D eigenvalue weighted by molar-refractivity contribution is 6.00. The Morgan fingerprint density at radius 2 is 2.37 bits per heavy atom. The van der Waals surface area contributed by atoms with Crippen molar-refractivity contribution in [3.63, 3.8) is 0 Å². The fourth-order valence-electron chi connectivity index (χ4n) is 1.80. The number of hydrogen-bond acceptors (Lipinski definition) is 5. The van der Waals surface area contributed by atoms with Crippen LogP contribution in [0.1, 0.15) is 17.3 Å². The molecule has 100 valence electrons. The fraction of sp³-hybridized carbons (Fsp3) is 0.250. The molecule has 2 N–H and O–H groups in total. The van der Waals surface area contributed by atoms with Crippen LogP contribution in [0.15, 0.2) is 24.7 Å². The Balaban J connectivity index is 2.67. The normalized spacial score (nSPS) is 10.4. The van der Waals surface area contributed by atoms with E-state index in [9.17, 15) is 10.0 Å². The number of carbonyl (C=O) groups excluding carboxylic acids is 1. The second-order valence-electron chi connectivity index (χ2n) is 3.90. The maximum Gasteiger partial charge on any atom is 0.346 e. The minimum atomic E-state index is -0.651. The van der Waals surface area contributed by atoms with Gasteiger partial charge >= 0.3 is 5.97 Å². The summed E-state index contributed by atoms with van der Waals surface area (Å²) in [6.07, 6.45) is 4.44. The Labute approximate surface area is 109 Å². The van der Waals surface area contributed by atoms with Gasteiger partial charge in [0.1, 0.15) is 0 Å². The first-order valence-electron chi connectivity index (χ1n) is 5.71. The van der Waals surface area contributed by atoms with Crippen molar-refractivity contribution >= 4 is 11.7 Å². The van der Waals surface area contributed by atoms with E-state index < -0.39 is 5.97 Å². The molecule has 0 unspecified atom stereocenters. The van der Waals surface area contributed by atoms with E-state index in [-0.39, 0.29) is 16.9 Å². The molecule has 2 aromatic rings. The van der Waals surface area contributed by atoms with E-state index in [0.717, 1.165) is 0 Å². The number of rotatable bonds is 3. The molecule has 2 rings (SSSR count). The van der Waals surface area contributed by atoms with Gasteiger partial charge in [0.05, 0.1) is 24.6 Å². The largest absolute Gasteiger partial charge is 0.618 e. The molecule has 0 radical (unpaired) electrons. The number of nitrogens with two attached hydrogens (primary N) is 1. The van der Waals surface area contributed by atoms with Crippen LogP contribution in [0.3, 0.4) is 0 Å². The summed E-state index contributed by atoms with van der Waals surface area (Å²) in [6, 6.07) is 1.37. The highest BCUT2D eigenvalue weighted by Gasteiger charge is 2.26. The zero-order valence-electron chi connectivity index (χ0n) is 10.7. The van der Waals surface area contributed by atoms with Gasteiger partial charge in [0.2, 0.25) is 5.69 Å². The molecule has 19 heavy (non-hydrogen) atoms. The number of nitrogens with zero attached hydrogens (tertiary/aromatic N) is 3. The van der Waals surface area contributed by atoms with Gasteiger partial charge in [0.15, 0.2) is 11.8 Å². The molecule has 0 atom stereocenters. The van der Waals surface area contributed by atoms with Crippen molar-refractivity contribution in [1.82, 2.24) is 9.78 Å². The molecular weight excluding hydrogens is 248 g/mol. The maximum atomic E-state index is 11.9. The second kappa shape index (κ2) is 4.97. The van der Waals surface area contributed by atoms with Crippen molar-refractivity contribution in [2.75, 3.05) is 12.8 Å². The molecule has 0 saturated carbocycles. The molecule has 0 aliphatic heterocycles. The average Bonchev–Trinajstić information content (AvgIpc) is 2.88. The first-order valence-corrected chi connectivity index (χ1v) is 5.71. The number of esters is 1. The smallest absolute Gasteiger partial charge is 0.346 e. The summed E-state index contributed by atoms with van der Waals surface area (Å²) in [5, 5.41) is 16.0. The van der Waals surface area contributed by atoms with Crippen LogP contribution in [-0.4, -0.2) is 22.9 Å². The predicted octanol–water partition coefficient (Wildman–Crippen LogP) is 0.572. The van der Waals surface area contributed by atoms with Crippen LogP contribution in [0.4, 0.5) is 5.69 Å². The maximum absolute atomic E-state index is 11.9. The van der Waals surface area contributed by atoms with E-state index in [1.165, 1.54) is 25.6 Å². The van der Waals surface area contributed by atoms with Crippen molar-refractivity contribution in [3.05, 3.63) is 35.4 Å². The summed E-state index contributed by atoms with van der Waals surface area (Å²) in [6.45, 7) is 2.58. The van der Waals surface area contributed by atoms with Crippen molar-refractivity contribution in [3.8, 4) is 11.3 Å². The van der Waals surface area contributed by atoms with Crippen LogP contribution < -0.4 is 10.5 Å². The Morgan fingerprint density at radius 3 is 2.95 bits per heavy atom. The topological polar surface area (TPSA) is 97.1 Å². The summed E-state index contributed by atoms with van der Waals surface area (Å²) in [5.41, 5.74) is 6.67. The van der Waals surface area contributed by atoms with Crippen LogP contribution in [0.5, 0.6) is 0 Å². The molecule has 2 heterocycles. The van der Waals surface area contributed by atoms with Crippen molar-refractivity contribution < 1.29 is 14.3 Å². The van der Waals surface area contributed by atoms with Crippen LogP contribution in [0.2, 0.25) is 0 Å². The predicted molar refractivity (Wildman–Crippen MR) is 68.0 cm³/mol. The highest BCUT2D eigenvalue weighted by Crippen LogP contribution is 2.24. The third-order valence-corrected chi connectivity index (χ3v) is 2.76. The van der Waals surface area contributed by atoms with E-state index in [1.807, 2.05) is 6.92 Å². The van der Waals surface area contributed by atoms with Gasteiger partial charge in [0, 0.05) is 18.8 Å². The Bertz CT molecular complexity index is 621. The fourth-order valence-corrected chi connectivity index (χ4v) is 1.80. The van der Waals surface area contributed by atoms with Crippen LogP contribution in [0, 0.1) is 5.21 Å². The number of ether oxygens (including phenoxy) is 1. The standard InChI is InChI=1S/C12H14N4O3/c1-3-15-7-8(6-14-15)11-10(12(17)19-2)9(13)4-5-16(11)18/h4-7H,3,13H2,1-2H3. The van der Waals surface area contributed by atoms with Gasteiger partial charge in [-0.2, -0.15) is 9.83 Å². The lowest BCUT2D eigenvalue weighted by atomic mass is 10.1. The van der Waals surface area contributed by atoms with Crippen molar-refractivity contribution in [2.45, 2.75) is 13.5 Å². The Hall–Kier alpha value is -2.57. The van der Waals surface area contributed by atoms with Gasteiger partial charge in [-0.05, 0) is 6.92 Å². The molecule has 2 aromatic heterocycles. The van der Waals surface area contributed by atoms with Crippen LogP contribution >= 0.6 is 0 Å². The molecule has 0 spiro atoms. The minimum Gasteiger partial charge on any atom is -0.618 e. The first-order chi connectivity index (χ1) is 9.08. The molecule has 0 fully saturated rings. The number of nitrogen functional groups attached to an aromatic ring is 1. The molecule has 0 aliphatic carbocycles. The Morgan fingerprint density at radius 1 is 1.63 bits per heavy atom. The van der Waals surface area contributed by atoms with E-state index in [4.69, 9.17) is 5.73 Å². The summed E-state index contributed by atoms with van der Waals surface area (Å²) >= 11 is 0. The first kappa shape index (κ1) is 12.9. The van der Waals surface area contributed by atoms with Gasteiger partial charge in [-0.25, -0.2) is 4.79 Å². The molecular formula is C12H14N4O3. The lowest BCUT2D eigenvalue weighted by molar-refractivity contribution is -0.593. The number of anilines is 1. The number of aromatic nitrogens is 3. The average molecular weight is 262 g/mol. The molecule has 7 heteroatoms. The Kier molecular flexibility index (Phi) is 3.37. The quantitative estimate of drug-likeness (QED) is 0.495. The zero-order chi connectivity index (χ0) is 14.0. The molecule has 0 aromatic carbocycles. The van der Waals surface area contributed by atoms with Crippen molar-refractivity contribution in [2.24, 2.45) is 0 Å². The summed E-state index contributed by atoms with van der Waals surface area (Å²) < 4.78 is 6.90. The summed E-state index contributed by atoms with van der Waals surface area (Å²) in [5.74, 6) is -0.651. The number of pyridine rings is 1. The third-order valence-electron chi connectivity index (χ3n) is 2.76. The van der Waals surface area contributed by atoms with Crippen LogP contribution in [-0.2, 0) is 11.3 Å². The van der Waals surface area contributed by atoms with Gasteiger partial charge in [-0.1, -0.05) is 0 Å². The van der Waals surface area contributed by atoms with Crippen LogP contribution in [0.25, 0.3) is 11.3 Å². The summed E-state index contributed by atoms with van der Waals surface area (Å²) in [7, 11) is 1.24. The highest BCUT2D eigenvalue weighted by atomic mass is 16.5. The number of aryl methyl sites for hydroxylation is 1. The molecule has 0 bridgehead atoms. The van der Waals surface area contributed by atoms with Gasteiger partial charge < -0.3 is 15.7 Å². The molecule has 7 nitrogen and oxygen atoms in total. The summed E-state index contributed by atoms with van der Waals surface area (Å²) in [4.78, 5) is 11.8. The van der Waals surface area contributed by atoms with E-state index in [0.29, 0.717) is 16.8 Å². The molecule has 0 aliphatic rings. The van der Waals surface area contributed by atoms with Gasteiger partial charge in [-0.3, -0.25) is 4.68 Å². The SMILES string of the molecule is CCn1cc(-c2c(C(=O)OC)c(N)cc[n+]2[O-])cn1. The number of carbonyl (C=O) groups is 1. The monoisotopic (exact) mass is 262 g/mol. The van der Waals surface area contributed by atoms with Gasteiger partial charge in [0.25, 0.3) is 0 Å². The number of hydrogen-bond donors (Lipinski definition) is 1. The molecule has 0 amide bonds.